The fourth-order valence-corrected chi connectivity index (χ4v) is 3.43. The molecule has 0 aliphatic heterocycles. The highest BCUT2D eigenvalue weighted by molar-refractivity contribution is 14.1. The van der Waals surface area contributed by atoms with Gasteiger partial charge in [0.15, 0.2) is 11.3 Å². The van der Waals surface area contributed by atoms with Gasteiger partial charge in [0.05, 0.1) is 15.0 Å². The van der Waals surface area contributed by atoms with Crippen molar-refractivity contribution in [3.63, 3.8) is 0 Å². The third kappa shape index (κ3) is 4.24. The molecule has 11 heteroatoms. The van der Waals surface area contributed by atoms with E-state index in [9.17, 15) is 26.4 Å². The molecule has 6 nitrogen and oxygen atoms in total. The van der Waals surface area contributed by atoms with Gasteiger partial charge in [-0.25, -0.2) is 4.79 Å². The number of rotatable bonds is 5. The second-order valence-corrected chi connectivity index (χ2v) is 8.06. The van der Waals surface area contributed by atoms with Crippen LogP contribution in [-0.2, 0) is 16.7 Å². The maximum atomic E-state index is 12.6. The lowest BCUT2D eigenvalue weighted by Gasteiger charge is -2.13. The number of hydrogen-bond donors (Lipinski definition) is 0. The SMILES string of the molecule is O=c1cc(OS(=O)(=O)C(F)(F)F)c2ccc(OCc3ccccc3)c(I)c2o1. The number of benzene rings is 2. The maximum Gasteiger partial charge on any atom is 0.534 e. The first-order chi connectivity index (χ1) is 13.1. The van der Waals surface area contributed by atoms with Crippen LogP contribution in [0.3, 0.4) is 0 Å². The van der Waals surface area contributed by atoms with Crippen LogP contribution >= 0.6 is 22.6 Å². The molecule has 0 bridgehead atoms. The summed E-state index contributed by atoms with van der Waals surface area (Å²) in [6.07, 6.45) is 0. The average molecular weight is 526 g/mol. The van der Waals surface area contributed by atoms with Crippen LogP contribution in [-0.4, -0.2) is 13.9 Å². The number of hydrogen-bond acceptors (Lipinski definition) is 6. The van der Waals surface area contributed by atoms with Gasteiger partial charge in [-0.3, -0.25) is 0 Å². The minimum atomic E-state index is -5.94. The van der Waals surface area contributed by atoms with Crippen molar-refractivity contribution in [3.05, 3.63) is 68.1 Å². The Morgan fingerprint density at radius 1 is 1.04 bits per heavy atom. The van der Waals surface area contributed by atoms with E-state index < -0.39 is 27.0 Å². The monoisotopic (exact) mass is 526 g/mol. The molecule has 148 valence electrons. The fraction of sp³-hybridized carbons (Fsp3) is 0.118. The molecule has 1 aromatic heterocycles. The quantitative estimate of drug-likeness (QED) is 0.215. The van der Waals surface area contributed by atoms with E-state index in [1.807, 2.05) is 30.3 Å². The molecule has 3 rings (SSSR count). The Morgan fingerprint density at radius 2 is 1.71 bits per heavy atom. The van der Waals surface area contributed by atoms with Crippen molar-refractivity contribution in [1.82, 2.24) is 0 Å². The first-order valence-corrected chi connectivity index (χ1v) is 10.0. The van der Waals surface area contributed by atoms with Crippen molar-refractivity contribution in [2.24, 2.45) is 0 Å². The lowest BCUT2D eigenvalue weighted by molar-refractivity contribution is -0.0499. The van der Waals surface area contributed by atoms with E-state index >= 15 is 0 Å². The number of alkyl halides is 3. The van der Waals surface area contributed by atoms with E-state index in [-0.39, 0.29) is 21.1 Å². The second kappa shape index (κ2) is 7.62. The van der Waals surface area contributed by atoms with E-state index in [0.717, 1.165) is 5.56 Å². The Bertz CT molecular complexity index is 1170. The van der Waals surface area contributed by atoms with E-state index in [1.54, 1.807) is 22.6 Å². The molecule has 28 heavy (non-hydrogen) atoms. The fourth-order valence-electron chi connectivity index (χ4n) is 2.23. The van der Waals surface area contributed by atoms with Crippen LogP contribution in [0.5, 0.6) is 11.5 Å². The number of halogens is 4. The summed E-state index contributed by atoms with van der Waals surface area (Å²) in [5.74, 6) is -0.480. The third-order valence-corrected chi connectivity index (χ3v) is 5.49. The summed E-state index contributed by atoms with van der Waals surface area (Å²) >= 11 is 1.78. The number of ether oxygens (including phenoxy) is 1. The van der Waals surface area contributed by atoms with Crippen molar-refractivity contribution in [2.75, 3.05) is 0 Å². The Hall–Kier alpha value is -2.28. The molecule has 1 heterocycles. The summed E-state index contributed by atoms with van der Waals surface area (Å²) < 4.78 is 75.4. The molecule has 2 aromatic carbocycles. The van der Waals surface area contributed by atoms with Gasteiger partial charge in [-0.05, 0) is 40.3 Å². The van der Waals surface area contributed by atoms with Gasteiger partial charge in [-0.1, -0.05) is 30.3 Å². The highest BCUT2D eigenvalue weighted by atomic mass is 127. The van der Waals surface area contributed by atoms with Gasteiger partial charge in [-0.2, -0.15) is 21.6 Å². The smallest absolute Gasteiger partial charge is 0.488 e. The Labute approximate surface area is 170 Å². The van der Waals surface area contributed by atoms with Gasteiger partial charge in [0.1, 0.15) is 12.4 Å². The molecule has 0 aliphatic carbocycles. The molecular formula is C17H10F3IO6S. The zero-order chi connectivity index (χ0) is 20.5. The highest BCUT2D eigenvalue weighted by Gasteiger charge is 2.48. The number of fused-ring (bicyclic) bond motifs is 1. The van der Waals surface area contributed by atoms with Gasteiger partial charge in [0, 0.05) is 0 Å². The molecule has 0 unspecified atom stereocenters. The van der Waals surface area contributed by atoms with Gasteiger partial charge < -0.3 is 13.3 Å². The summed E-state index contributed by atoms with van der Waals surface area (Å²) in [5, 5.41) is -0.121. The highest BCUT2D eigenvalue weighted by Crippen LogP contribution is 2.36. The van der Waals surface area contributed by atoms with Gasteiger partial charge in [-0.15, -0.1) is 0 Å². The molecule has 0 atom stereocenters. The first kappa shape index (κ1) is 20.5. The molecule has 0 amide bonds. The van der Waals surface area contributed by atoms with Crippen molar-refractivity contribution in [3.8, 4) is 11.5 Å². The molecule has 0 fully saturated rings. The van der Waals surface area contributed by atoms with Gasteiger partial charge in [0.2, 0.25) is 0 Å². The molecular weight excluding hydrogens is 516 g/mol. The van der Waals surface area contributed by atoms with Crippen molar-refractivity contribution in [2.45, 2.75) is 12.1 Å². The average Bonchev–Trinajstić information content (AvgIpc) is 2.61. The largest absolute Gasteiger partial charge is 0.534 e. The maximum absolute atomic E-state index is 12.6. The van der Waals surface area contributed by atoms with Crippen LogP contribution < -0.4 is 14.5 Å². The van der Waals surface area contributed by atoms with Gasteiger partial charge >= 0.3 is 21.3 Å². The normalized spacial score (nSPS) is 12.1. The van der Waals surface area contributed by atoms with Crippen LogP contribution in [0.2, 0.25) is 0 Å². The summed E-state index contributed by atoms with van der Waals surface area (Å²) in [4.78, 5) is 11.7. The predicted octanol–water partition coefficient (Wildman–Crippen LogP) is 4.21. The van der Waals surface area contributed by atoms with Crippen molar-refractivity contribution in [1.29, 1.82) is 0 Å². The minimum absolute atomic E-state index is 0.121. The topological polar surface area (TPSA) is 82.8 Å². The van der Waals surface area contributed by atoms with Crippen molar-refractivity contribution < 1.29 is 34.9 Å². The summed E-state index contributed by atoms with van der Waals surface area (Å²) in [7, 11) is -5.94. The van der Waals surface area contributed by atoms with E-state index in [0.29, 0.717) is 11.8 Å². The molecule has 0 saturated carbocycles. The van der Waals surface area contributed by atoms with Gasteiger partial charge in [0.25, 0.3) is 0 Å². The van der Waals surface area contributed by atoms with Crippen LogP contribution in [0.25, 0.3) is 11.0 Å². The van der Waals surface area contributed by atoms with Crippen LogP contribution in [0.15, 0.2) is 57.7 Å². The molecule has 0 radical (unpaired) electrons. The molecule has 0 N–H and O–H groups in total. The Kier molecular flexibility index (Phi) is 5.57. The summed E-state index contributed by atoms with van der Waals surface area (Å²) in [6, 6.07) is 12.4. The zero-order valence-corrected chi connectivity index (χ0v) is 16.7. The molecule has 0 aliphatic rings. The molecule has 3 aromatic rings. The Morgan fingerprint density at radius 3 is 2.36 bits per heavy atom. The van der Waals surface area contributed by atoms with Crippen LogP contribution in [0.1, 0.15) is 5.56 Å². The standard InChI is InChI=1S/C17H10F3IO6S/c18-17(19,20)28(23,24)27-13-8-14(22)26-16-11(13)6-7-12(15(16)21)25-9-10-4-2-1-3-5-10/h1-8H,9H2. The van der Waals surface area contributed by atoms with Crippen LogP contribution in [0, 0.1) is 3.57 Å². The third-order valence-electron chi connectivity index (χ3n) is 3.50. The summed E-state index contributed by atoms with van der Waals surface area (Å²) in [5.41, 5.74) is -5.99. The van der Waals surface area contributed by atoms with E-state index in [2.05, 4.69) is 4.18 Å². The van der Waals surface area contributed by atoms with E-state index in [1.165, 1.54) is 12.1 Å². The Balaban J connectivity index is 2.01. The zero-order valence-electron chi connectivity index (χ0n) is 13.7. The summed E-state index contributed by atoms with van der Waals surface area (Å²) in [6.45, 7) is 0.200. The minimum Gasteiger partial charge on any atom is -0.488 e. The predicted molar refractivity (Wildman–Crippen MR) is 102 cm³/mol. The first-order valence-electron chi connectivity index (χ1n) is 7.52. The van der Waals surface area contributed by atoms with E-state index in [4.69, 9.17) is 9.15 Å². The van der Waals surface area contributed by atoms with Crippen LogP contribution in [0.4, 0.5) is 13.2 Å². The molecule has 0 spiro atoms. The molecule has 0 saturated heterocycles. The lowest BCUT2D eigenvalue weighted by atomic mass is 10.2. The second-order valence-electron chi connectivity index (χ2n) is 5.44. The lowest BCUT2D eigenvalue weighted by Crippen LogP contribution is -2.28. The van der Waals surface area contributed by atoms with Crippen molar-refractivity contribution >= 4 is 43.7 Å².